The molecule has 0 fully saturated rings. The van der Waals surface area contributed by atoms with Crippen LogP contribution in [0.1, 0.15) is 47.4 Å². The molecule has 0 bridgehead atoms. The van der Waals surface area contributed by atoms with E-state index in [-0.39, 0.29) is 5.38 Å². The van der Waals surface area contributed by atoms with Gasteiger partial charge in [-0.05, 0) is 42.0 Å². The summed E-state index contributed by atoms with van der Waals surface area (Å²) in [5, 5.41) is -0.0542. The fraction of sp³-hybridized carbons (Fsp3) is 0.333. The SMILES string of the molecule is CCCCc1ccc(C(Cl)c2ccccc2C)cc1. The van der Waals surface area contributed by atoms with Crippen LogP contribution in [-0.4, -0.2) is 0 Å². The monoisotopic (exact) mass is 272 g/mol. The molecule has 0 heterocycles. The first-order chi connectivity index (χ1) is 9.22. The van der Waals surface area contributed by atoms with Gasteiger partial charge in [-0.3, -0.25) is 0 Å². The van der Waals surface area contributed by atoms with E-state index < -0.39 is 0 Å². The van der Waals surface area contributed by atoms with E-state index in [1.54, 1.807) is 0 Å². The predicted molar refractivity (Wildman–Crippen MR) is 83.9 cm³/mol. The Bertz CT molecular complexity index is 513. The van der Waals surface area contributed by atoms with Crippen LogP contribution in [-0.2, 0) is 6.42 Å². The number of alkyl halides is 1. The molecule has 0 nitrogen and oxygen atoms in total. The Kier molecular flexibility index (Phi) is 5.04. The van der Waals surface area contributed by atoms with Crippen molar-refractivity contribution in [3.8, 4) is 0 Å². The molecular formula is C18H21Cl. The first-order valence-electron chi connectivity index (χ1n) is 7.00. The van der Waals surface area contributed by atoms with Crippen molar-refractivity contribution in [3.05, 3.63) is 70.8 Å². The second-order valence-corrected chi connectivity index (χ2v) is 5.50. The lowest BCUT2D eigenvalue weighted by Crippen LogP contribution is -1.96. The average Bonchev–Trinajstić information content (AvgIpc) is 2.45. The normalized spacial score (nSPS) is 12.4. The summed E-state index contributed by atoms with van der Waals surface area (Å²) in [4.78, 5) is 0. The summed E-state index contributed by atoms with van der Waals surface area (Å²) in [7, 11) is 0. The van der Waals surface area contributed by atoms with E-state index in [0.29, 0.717) is 0 Å². The van der Waals surface area contributed by atoms with Crippen molar-refractivity contribution in [2.45, 2.75) is 38.5 Å². The minimum Gasteiger partial charge on any atom is -0.113 e. The molecule has 0 radical (unpaired) electrons. The van der Waals surface area contributed by atoms with Crippen molar-refractivity contribution in [2.24, 2.45) is 0 Å². The van der Waals surface area contributed by atoms with Crippen LogP contribution < -0.4 is 0 Å². The van der Waals surface area contributed by atoms with Crippen molar-refractivity contribution < 1.29 is 0 Å². The Balaban J connectivity index is 2.16. The van der Waals surface area contributed by atoms with E-state index in [1.807, 2.05) is 6.07 Å². The molecule has 0 saturated heterocycles. The van der Waals surface area contributed by atoms with E-state index in [1.165, 1.54) is 35.1 Å². The van der Waals surface area contributed by atoms with Crippen molar-refractivity contribution in [2.75, 3.05) is 0 Å². The largest absolute Gasteiger partial charge is 0.113 e. The van der Waals surface area contributed by atoms with Crippen molar-refractivity contribution >= 4 is 11.6 Å². The Morgan fingerprint density at radius 1 is 1.00 bits per heavy atom. The first kappa shape index (κ1) is 14.1. The maximum atomic E-state index is 6.59. The van der Waals surface area contributed by atoms with Gasteiger partial charge >= 0.3 is 0 Å². The Labute approximate surface area is 121 Å². The van der Waals surface area contributed by atoms with Gasteiger partial charge in [0.2, 0.25) is 0 Å². The Hall–Kier alpha value is -1.27. The van der Waals surface area contributed by atoms with Gasteiger partial charge in [-0.25, -0.2) is 0 Å². The molecule has 1 atom stereocenters. The van der Waals surface area contributed by atoms with Gasteiger partial charge in [-0.15, -0.1) is 11.6 Å². The summed E-state index contributed by atoms with van der Waals surface area (Å²) in [5.41, 5.74) is 5.03. The molecule has 0 saturated carbocycles. The van der Waals surface area contributed by atoms with E-state index >= 15 is 0 Å². The number of halogens is 1. The van der Waals surface area contributed by atoms with E-state index in [9.17, 15) is 0 Å². The fourth-order valence-corrected chi connectivity index (χ4v) is 2.68. The molecule has 2 rings (SSSR count). The van der Waals surface area contributed by atoms with Crippen molar-refractivity contribution in [1.82, 2.24) is 0 Å². The van der Waals surface area contributed by atoms with Crippen LogP contribution >= 0.6 is 11.6 Å². The van der Waals surface area contributed by atoms with Gasteiger partial charge in [-0.2, -0.15) is 0 Å². The van der Waals surface area contributed by atoms with Crippen LogP contribution in [0, 0.1) is 6.92 Å². The van der Waals surface area contributed by atoms with E-state index in [4.69, 9.17) is 11.6 Å². The summed E-state index contributed by atoms with van der Waals surface area (Å²) in [6.45, 7) is 4.33. The third-order valence-electron chi connectivity index (χ3n) is 3.55. The highest BCUT2D eigenvalue weighted by Crippen LogP contribution is 2.30. The van der Waals surface area contributed by atoms with Gasteiger partial charge in [0.1, 0.15) is 0 Å². The highest BCUT2D eigenvalue weighted by atomic mass is 35.5. The highest BCUT2D eigenvalue weighted by molar-refractivity contribution is 6.22. The molecule has 100 valence electrons. The van der Waals surface area contributed by atoms with Crippen molar-refractivity contribution in [3.63, 3.8) is 0 Å². The molecule has 19 heavy (non-hydrogen) atoms. The summed E-state index contributed by atoms with van der Waals surface area (Å²) in [5.74, 6) is 0. The second kappa shape index (κ2) is 6.77. The number of hydrogen-bond acceptors (Lipinski definition) is 0. The molecule has 0 N–H and O–H groups in total. The van der Waals surface area contributed by atoms with Gasteiger partial charge < -0.3 is 0 Å². The van der Waals surface area contributed by atoms with Gasteiger partial charge in [0, 0.05) is 0 Å². The third-order valence-corrected chi connectivity index (χ3v) is 4.04. The van der Waals surface area contributed by atoms with E-state index in [0.717, 1.165) is 6.42 Å². The van der Waals surface area contributed by atoms with Gasteiger partial charge in [0.25, 0.3) is 0 Å². The molecule has 0 amide bonds. The van der Waals surface area contributed by atoms with Crippen LogP contribution in [0.5, 0.6) is 0 Å². The molecule has 0 aliphatic heterocycles. The highest BCUT2D eigenvalue weighted by Gasteiger charge is 2.12. The number of rotatable bonds is 5. The molecule has 2 aromatic carbocycles. The smallest absolute Gasteiger partial charge is 0.0838 e. The summed E-state index contributed by atoms with van der Waals surface area (Å²) in [6.07, 6.45) is 3.65. The molecule has 1 unspecified atom stereocenters. The zero-order valence-electron chi connectivity index (χ0n) is 11.7. The fourth-order valence-electron chi connectivity index (χ4n) is 2.28. The number of aryl methyl sites for hydroxylation is 2. The van der Waals surface area contributed by atoms with Gasteiger partial charge in [-0.1, -0.05) is 61.9 Å². The summed E-state index contributed by atoms with van der Waals surface area (Å²) >= 11 is 6.59. The van der Waals surface area contributed by atoms with Crippen LogP contribution in [0.4, 0.5) is 0 Å². The van der Waals surface area contributed by atoms with Crippen LogP contribution in [0.15, 0.2) is 48.5 Å². The molecule has 1 heteroatoms. The average molecular weight is 273 g/mol. The molecule has 0 spiro atoms. The molecule has 0 aromatic heterocycles. The Morgan fingerprint density at radius 3 is 2.32 bits per heavy atom. The van der Waals surface area contributed by atoms with Crippen LogP contribution in [0.2, 0.25) is 0 Å². The molecule has 0 aliphatic carbocycles. The molecule has 2 aromatic rings. The number of benzene rings is 2. The van der Waals surface area contributed by atoms with E-state index in [2.05, 4.69) is 56.3 Å². The Morgan fingerprint density at radius 2 is 1.68 bits per heavy atom. The summed E-state index contributed by atoms with van der Waals surface area (Å²) in [6, 6.07) is 17.1. The lowest BCUT2D eigenvalue weighted by atomic mass is 9.98. The van der Waals surface area contributed by atoms with Crippen LogP contribution in [0.25, 0.3) is 0 Å². The van der Waals surface area contributed by atoms with Crippen LogP contribution in [0.3, 0.4) is 0 Å². The second-order valence-electron chi connectivity index (χ2n) is 5.06. The zero-order chi connectivity index (χ0) is 13.7. The first-order valence-corrected chi connectivity index (χ1v) is 7.44. The quantitative estimate of drug-likeness (QED) is 0.616. The lowest BCUT2D eigenvalue weighted by Gasteiger charge is -2.13. The molecule has 0 aliphatic rings. The predicted octanol–water partition coefficient (Wildman–Crippen LogP) is 5.67. The maximum Gasteiger partial charge on any atom is 0.0838 e. The topological polar surface area (TPSA) is 0 Å². The zero-order valence-corrected chi connectivity index (χ0v) is 12.5. The molecular weight excluding hydrogens is 252 g/mol. The minimum atomic E-state index is -0.0542. The van der Waals surface area contributed by atoms with Gasteiger partial charge in [0.15, 0.2) is 0 Å². The third kappa shape index (κ3) is 3.61. The standard InChI is InChI=1S/C18H21Cl/c1-3-4-8-15-10-12-16(13-11-15)18(19)17-9-6-5-7-14(17)2/h5-7,9-13,18H,3-4,8H2,1-2H3. The van der Waals surface area contributed by atoms with Crippen molar-refractivity contribution in [1.29, 1.82) is 0 Å². The lowest BCUT2D eigenvalue weighted by molar-refractivity contribution is 0.794. The number of unbranched alkanes of at least 4 members (excludes halogenated alkanes) is 1. The summed E-state index contributed by atoms with van der Waals surface area (Å²) < 4.78 is 0. The minimum absolute atomic E-state index is 0.0542. The number of hydrogen-bond donors (Lipinski definition) is 0. The maximum absolute atomic E-state index is 6.59. The van der Waals surface area contributed by atoms with Gasteiger partial charge in [0.05, 0.1) is 5.38 Å².